The van der Waals surface area contributed by atoms with Crippen molar-refractivity contribution in [1.82, 2.24) is 15.1 Å². The molecule has 7 nitrogen and oxygen atoms in total. The Labute approximate surface area is 148 Å². The first kappa shape index (κ1) is 18.1. The second-order valence-corrected chi connectivity index (χ2v) is 6.30. The summed E-state index contributed by atoms with van der Waals surface area (Å²) in [5.41, 5.74) is 0.869. The van der Waals surface area contributed by atoms with Gasteiger partial charge in [0, 0.05) is 11.0 Å². The van der Waals surface area contributed by atoms with Crippen LogP contribution in [-0.4, -0.2) is 46.6 Å². The molecule has 1 atom stereocenters. The van der Waals surface area contributed by atoms with E-state index >= 15 is 0 Å². The van der Waals surface area contributed by atoms with E-state index in [2.05, 4.69) is 21.2 Å². The highest BCUT2D eigenvalue weighted by molar-refractivity contribution is 9.10. The summed E-state index contributed by atoms with van der Waals surface area (Å²) in [6, 6.07) is 6.36. The average Bonchev–Trinajstić information content (AvgIpc) is 2.73. The van der Waals surface area contributed by atoms with Gasteiger partial charge in [-0.15, -0.1) is 0 Å². The van der Waals surface area contributed by atoms with Crippen molar-refractivity contribution in [2.24, 2.45) is 0 Å². The fourth-order valence-corrected chi connectivity index (χ4v) is 3.07. The van der Waals surface area contributed by atoms with Crippen LogP contribution in [0.25, 0.3) is 0 Å². The number of nitrogens with one attached hydrogen (secondary N) is 1. The minimum absolute atomic E-state index is 0.162. The zero-order valence-corrected chi connectivity index (χ0v) is 15.0. The van der Waals surface area contributed by atoms with Gasteiger partial charge in [-0.1, -0.05) is 41.1 Å². The summed E-state index contributed by atoms with van der Waals surface area (Å²) in [5.74, 6) is -2.35. The number of benzene rings is 1. The molecule has 0 bridgehead atoms. The van der Waals surface area contributed by atoms with Crippen molar-refractivity contribution >= 4 is 39.7 Å². The molecule has 0 unspecified atom stereocenters. The lowest BCUT2D eigenvalue weighted by atomic mass is 10.1. The minimum Gasteiger partial charge on any atom is -0.348 e. The molecular formula is C16H18BrN3O4. The fraction of sp³-hybridized carbons (Fsp3) is 0.375. The summed E-state index contributed by atoms with van der Waals surface area (Å²) < 4.78 is 0.843. The van der Waals surface area contributed by atoms with E-state index < -0.39 is 30.3 Å². The number of carbonyl (C=O) groups is 4. The third kappa shape index (κ3) is 3.64. The molecule has 1 saturated heterocycles. The number of amides is 5. The van der Waals surface area contributed by atoms with E-state index in [1.807, 2.05) is 24.3 Å². The van der Waals surface area contributed by atoms with E-state index in [-0.39, 0.29) is 12.6 Å². The molecule has 1 N–H and O–H groups in total. The molecule has 24 heavy (non-hydrogen) atoms. The predicted molar refractivity (Wildman–Crippen MR) is 89.8 cm³/mol. The first-order valence-electron chi connectivity index (χ1n) is 7.58. The Morgan fingerprint density at radius 1 is 1.17 bits per heavy atom. The van der Waals surface area contributed by atoms with Gasteiger partial charge < -0.3 is 5.32 Å². The van der Waals surface area contributed by atoms with Crippen molar-refractivity contribution in [1.29, 1.82) is 0 Å². The van der Waals surface area contributed by atoms with Gasteiger partial charge in [-0.2, -0.15) is 0 Å². The average molecular weight is 396 g/mol. The molecule has 0 radical (unpaired) electrons. The Hall–Kier alpha value is -2.22. The maximum Gasteiger partial charge on any atom is 0.334 e. The molecule has 1 aromatic rings. The second kappa shape index (κ2) is 7.57. The van der Waals surface area contributed by atoms with Crippen LogP contribution in [0.1, 0.15) is 31.9 Å². The van der Waals surface area contributed by atoms with E-state index in [4.69, 9.17) is 0 Å². The van der Waals surface area contributed by atoms with E-state index in [0.717, 1.165) is 14.9 Å². The molecule has 1 aromatic carbocycles. The van der Waals surface area contributed by atoms with Crippen LogP contribution in [0.2, 0.25) is 0 Å². The highest BCUT2D eigenvalue weighted by Gasteiger charge is 2.44. The summed E-state index contributed by atoms with van der Waals surface area (Å²) in [6.45, 7) is 3.27. The maximum absolute atomic E-state index is 12.2. The monoisotopic (exact) mass is 395 g/mol. The molecule has 1 heterocycles. The second-order valence-electron chi connectivity index (χ2n) is 5.44. The summed E-state index contributed by atoms with van der Waals surface area (Å²) in [6.07, 6.45) is 0.546. The Morgan fingerprint density at radius 2 is 1.79 bits per heavy atom. The Morgan fingerprint density at radius 3 is 2.42 bits per heavy atom. The lowest BCUT2D eigenvalue weighted by Crippen LogP contribution is -2.42. The summed E-state index contributed by atoms with van der Waals surface area (Å²) in [4.78, 5) is 49.4. The zero-order valence-electron chi connectivity index (χ0n) is 13.4. The molecule has 0 saturated carbocycles. The van der Waals surface area contributed by atoms with Gasteiger partial charge in [-0.05, 0) is 25.0 Å². The van der Waals surface area contributed by atoms with Gasteiger partial charge in [0.25, 0.3) is 0 Å². The van der Waals surface area contributed by atoms with Crippen LogP contribution in [0, 0.1) is 0 Å². The SMILES string of the molecule is CCCN1C(=O)C(=O)N(CC(=O)N[C@H](C)c2ccccc2Br)C1=O. The van der Waals surface area contributed by atoms with Crippen LogP contribution in [0.15, 0.2) is 28.7 Å². The number of carbonyl (C=O) groups excluding carboxylic acids is 4. The van der Waals surface area contributed by atoms with Gasteiger partial charge in [0.15, 0.2) is 0 Å². The molecular weight excluding hydrogens is 378 g/mol. The van der Waals surface area contributed by atoms with Gasteiger partial charge >= 0.3 is 17.8 Å². The van der Waals surface area contributed by atoms with E-state index in [1.54, 1.807) is 13.8 Å². The molecule has 0 aromatic heterocycles. The lowest BCUT2D eigenvalue weighted by molar-refractivity contribution is -0.144. The maximum atomic E-state index is 12.2. The van der Waals surface area contributed by atoms with Crippen LogP contribution >= 0.6 is 15.9 Å². The molecule has 5 amide bonds. The predicted octanol–water partition coefficient (Wildman–Crippen LogP) is 1.83. The largest absolute Gasteiger partial charge is 0.348 e. The molecule has 1 aliphatic heterocycles. The van der Waals surface area contributed by atoms with Crippen molar-refractivity contribution in [2.75, 3.05) is 13.1 Å². The Kier molecular flexibility index (Phi) is 5.71. The lowest BCUT2D eigenvalue weighted by Gasteiger charge is -2.18. The van der Waals surface area contributed by atoms with E-state index in [1.165, 1.54) is 0 Å². The number of hydrogen-bond donors (Lipinski definition) is 1. The smallest absolute Gasteiger partial charge is 0.334 e. The van der Waals surface area contributed by atoms with E-state index in [0.29, 0.717) is 11.3 Å². The van der Waals surface area contributed by atoms with Gasteiger partial charge in [0.2, 0.25) is 5.91 Å². The number of imide groups is 2. The summed E-state index contributed by atoms with van der Waals surface area (Å²) in [5, 5.41) is 2.72. The third-order valence-corrected chi connectivity index (χ3v) is 4.36. The normalized spacial score (nSPS) is 15.9. The summed E-state index contributed by atoms with van der Waals surface area (Å²) >= 11 is 3.41. The van der Waals surface area contributed by atoms with Crippen molar-refractivity contribution < 1.29 is 19.2 Å². The molecule has 0 aliphatic carbocycles. The number of nitrogens with zero attached hydrogens (tertiary/aromatic N) is 2. The quantitative estimate of drug-likeness (QED) is 0.587. The molecule has 1 fully saturated rings. The Bertz CT molecular complexity index is 692. The van der Waals surface area contributed by atoms with Crippen LogP contribution < -0.4 is 5.32 Å². The van der Waals surface area contributed by atoms with Crippen molar-refractivity contribution in [2.45, 2.75) is 26.3 Å². The van der Waals surface area contributed by atoms with Crippen LogP contribution in [-0.2, 0) is 14.4 Å². The van der Waals surface area contributed by atoms with Crippen LogP contribution in [0.5, 0.6) is 0 Å². The standard InChI is InChI=1S/C16H18BrN3O4/c1-3-8-19-14(22)15(23)20(16(19)24)9-13(21)18-10(2)11-6-4-5-7-12(11)17/h4-7,10H,3,8-9H2,1-2H3,(H,18,21)/t10-/m1/s1. The third-order valence-electron chi connectivity index (χ3n) is 3.63. The fourth-order valence-electron chi connectivity index (χ4n) is 2.45. The molecule has 0 spiro atoms. The van der Waals surface area contributed by atoms with Gasteiger partial charge in [0.05, 0.1) is 6.04 Å². The topological polar surface area (TPSA) is 86.8 Å². The zero-order chi connectivity index (χ0) is 17.9. The first-order valence-corrected chi connectivity index (χ1v) is 8.37. The van der Waals surface area contributed by atoms with Gasteiger partial charge in [-0.25, -0.2) is 9.69 Å². The number of halogens is 1. The molecule has 8 heteroatoms. The Balaban J connectivity index is 2.02. The number of rotatable bonds is 6. The van der Waals surface area contributed by atoms with E-state index in [9.17, 15) is 19.2 Å². The minimum atomic E-state index is -0.961. The van der Waals surface area contributed by atoms with Gasteiger partial charge in [0.1, 0.15) is 6.54 Å². The van der Waals surface area contributed by atoms with Gasteiger partial charge in [-0.3, -0.25) is 19.3 Å². The first-order chi connectivity index (χ1) is 11.4. The van der Waals surface area contributed by atoms with Crippen molar-refractivity contribution in [3.05, 3.63) is 34.3 Å². The molecule has 1 aliphatic rings. The van der Waals surface area contributed by atoms with Crippen LogP contribution in [0.3, 0.4) is 0 Å². The van der Waals surface area contributed by atoms with Crippen molar-refractivity contribution in [3.63, 3.8) is 0 Å². The summed E-state index contributed by atoms with van der Waals surface area (Å²) in [7, 11) is 0. The highest BCUT2D eigenvalue weighted by atomic mass is 79.9. The van der Waals surface area contributed by atoms with Crippen LogP contribution in [0.4, 0.5) is 4.79 Å². The van der Waals surface area contributed by atoms with Crippen molar-refractivity contribution in [3.8, 4) is 0 Å². The molecule has 128 valence electrons. The molecule has 2 rings (SSSR count). The number of hydrogen-bond acceptors (Lipinski definition) is 4. The number of urea groups is 1. The highest BCUT2D eigenvalue weighted by Crippen LogP contribution is 2.22.